The average Bonchev–Trinajstić information content (AvgIpc) is 2.77. The molecule has 2 heterocycles. The van der Waals surface area contributed by atoms with Crippen molar-refractivity contribution in [1.82, 2.24) is 4.90 Å². The van der Waals surface area contributed by atoms with Crippen molar-refractivity contribution in [2.75, 3.05) is 13.1 Å². The first-order chi connectivity index (χ1) is 8.74. The van der Waals surface area contributed by atoms with Gasteiger partial charge in [0.05, 0.1) is 0 Å². The number of hydrogen-bond donors (Lipinski definition) is 0. The van der Waals surface area contributed by atoms with Crippen LogP contribution in [0.3, 0.4) is 0 Å². The lowest BCUT2D eigenvalue weighted by molar-refractivity contribution is 0.111. The quantitative estimate of drug-likeness (QED) is 0.795. The Hall–Kier alpha value is -1.12. The van der Waals surface area contributed by atoms with Crippen LogP contribution in [0.25, 0.3) is 10.4 Å². The molecule has 0 N–H and O–H groups in total. The van der Waals surface area contributed by atoms with Crippen LogP contribution in [0.4, 0.5) is 0 Å². The van der Waals surface area contributed by atoms with Crippen LogP contribution in [0, 0.1) is 0 Å². The molecule has 1 fully saturated rings. The van der Waals surface area contributed by atoms with Crippen LogP contribution in [-0.4, -0.2) is 24.0 Å². The topological polar surface area (TPSA) is 3.24 Å². The van der Waals surface area contributed by atoms with Gasteiger partial charge in [-0.2, -0.15) is 0 Å². The first-order valence-corrected chi connectivity index (χ1v) is 7.45. The standard InChI is InChI=1S/C16H19NS/c1-12(2)17-10-14(11-17)16-9-8-15(18-16)13-6-4-3-5-7-13/h3-9,12,14H,10-11H2,1-2H3. The maximum atomic E-state index is 2.53. The molecule has 2 aromatic rings. The summed E-state index contributed by atoms with van der Waals surface area (Å²) in [5, 5.41) is 0. The molecule has 0 atom stereocenters. The fourth-order valence-electron chi connectivity index (χ4n) is 2.44. The molecule has 0 spiro atoms. The molecule has 0 bridgehead atoms. The van der Waals surface area contributed by atoms with Crippen molar-refractivity contribution >= 4 is 11.3 Å². The van der Waals surface area contributed by atoms with Gasteiger partial charge in [-0.1, -0.05) is 30.3 Å². The minimum atomic E-state index is 0.690. The monoisotopic (exact) mass is 257 g/mol. The fraction of sp³-hybridized carbons (Fsp3) is 0.375. The minimum Gasteiger partial charge on any atom is -0.300 e. The van der Waals surface area contributed by atoms with Gasteiger partial charge in [0.25, 0.3) is 0 Å². The summed E-state index contributed by atoms with van der Waals surface area (Å²) in [6, 6.07) is 16.0. The molecular weight excluding hydrogens is 238 g/mol. The Morgan fingerprint density at radius 2 is 1.78 bits per heavy atom. The van der Waals surface area contributed by atoms with E-state index < -0.39 is 0 Å². The summed E-state index contributed by atoms with van der Waals surface area (Å²) in [6.45, 7) is 7.01. The number of likely N-dealkylation sites (tertiary alicyclic amines) is 1. The van der Waals surface area contributed by atoms with Gasteiger partial charge in [-0.15, -0.1) is 11.3 Å². The molecule has 0 aliphatic carbocycles. The van der Waals surface area contributed by atoms with Crippen LogP contribution in [0.1, 0.15) is 24.6 Å². The first-order valence-electron chi connectivity index (χ1n) is 6.63. The van der Waals surface area contributed by atoms with E-state index in [1.165, 1.54) is 23.5 Å². The Balaban J connectivity index is 1.72. The lowest BCUT2D eigenvalue weighted by Gasteiger charge is -2.41. The highest BCUT2D eigenvalue weighted by Gasteiger charge is 2.30. The zero-order valence-electron chi connectivity index (χ0n) is 11.0. The van der Waals surface area contributed by atoms with Crippen LogP contribution in [0.2, 0.25) is 0 Å². The van der Waals surface area contributed by atoms with E-state index in [-0.39, 0.29) is 0 Å². The summed E-state index contributed by atoms with van der Waals surface area (Å²) in [4.78, 5) is 5.48. The summed E-state index contributed by atoms with van der Waals surface area (Å²) in [5.41, 5.74) is 1.34. The van der Waals surface area contributed by atoms with Crippen molar-refractivity contribution in [1.29, 1.82) is 0 Å². The van der Waals surface area contributed by atoms with Crippen molar-refractivity contribution < 1.29 is 0 Å². The van der Waals surface area contributed by atoms with Gasteiger partial charge in [-0.25, -0.2) is 0 Å². The number of thiophene rings is 1. The molecule has 1 aliphatic rings. The number of rotatable bonds is 3. The molecule has 2 heteroatoms. The third-order valence-electron chi connectivity index (χ3n) is 3.73. The summed E-state index contributed by atoms with van der Waals surface area (Å²) in [7, 11) is 0. The van der Waals surface area contributed by atoms with Gasteiger partial charge in [-0.05, 0) is 31.5 Å². The molecule has 18 heavy (non-hydrogen) atoms. The molecular formula is C16H19NS. The van der Waals surface area contributed by atoms with Crippen LogP contribution < -0.4 is 0 Å². The maximum Gasteiger partial charge on any atom is 0.0345 e. The maximum absolute atomic E-state index is 2.53. The van der Waals surface area contributed by atoms with Crippen LogP contribution >= 0.6 is 11.3 Å². The molecule has 0 amide bonds. The van der Waals surface area contributed by atoms with Gasteiger partial charge in [0.1, 0.15) is 0 Å². The smallest absolute Gasteiger partial charge is 0.0345 e. The molecule has 1 aromatic carbocycles. The molecule has 0 radical (unpaired) electrons. The van der Waals surface area contributed by atoms with Gasteiger partial charge in [0, 0.05) is 34.8 Å². The van der Waals surface area contributed by atoms with Crippen molar-refractivity contribution in [2.24, 2.45) is 0 Å². The third kappa shape index (κ3) is 2.23. The molecule has 0 saturated carbocycles. The minimum absolute atomic E-state index is 0.690. The number of nitrogens with zero attached hydrogens (tertiary/aromatic N) is 1. The van der Waals surface area contributed by atoms with Crippen LogP contribution in [0.15, 0.2) is 42.5 Å². The van der Waals surface area contributed by atoms with E-state index in [9.17, 15) is 0 Å². The molecule has 1 saturated heterocycles. The molecule has 1 aliphatic heterocycles. The van der Waals surface area contributed by atoms with Crippen molar-refractivity contribution in [2.45, 2.75) is 25.8 Å². The third-order valence-corrected chi connectivity index (χ3v) is 5.02. The van der Waals surface area contributed by atoms with Crippen LogP contribution in [0.5, 0.6) is 0 Å². The highest BCUT2D eigenvalue weighted by atomic mass is 32.1. The lowest BCUT2D eigenvalue weighted by Crippen LogP contribution is -2.48. The summed E-state index contributed by atoms with van der Waals surface area (Å²) >= 11 is 1.96. The Bertz CT molecular complexity index is 509. The van der Waals surface area contributed by atoms with Gasteiger partial charge in [0.15, 0.2) is 0 Å². The number of benzene rings is 1. The van der Waals surface area contributed by atoms with E-state index >= 15 is 0 Å². The second-order valence-electron chi connectivity index (χ2n) is 5.31. The molecule has 0 unspecified atom stereocenters. The van der Waals surface area contributed by atoms with Gasteiger partial charge in [-0.3, -0.25) is 4.90 Å². The Kier molecular flexibility index (Phi) is 3.23. The molecule has 1 nitrogen and oxygen atoms in total. The van der Waals surface area contributed by atoms with E-state index in [1.54, 1.807) is 4.88 Å². The van der Waals surface area contributed by atoms with E-state index in [1.807, 2.05) is 11.3 Å². The van der Waals surface area contributed by atoms with E-state index in [0.717, 1.165) is 5.92 Å². The predicted octanol–water partition coefficient (Wildman–Crippen LogP) is 4.22. The van der Waals surface area contributed by atoms with Crippen molar-refractivity contribution in [3.63, 3.8) is 0 Å². The zero-order chi connectivity index (χ0) is 12.5. The van der Waals surface area contributed by atoms with Gasteiger partial charge in [0.2, 0.25) is 0 Å². The summed E-state index contributed by atoms with van der Waals surface area (Å²) in [5.74, 6) is 0.759. The van der Waals surface area contributed by atoms with E-state index in [2.05, 4.69) is 61.2 Å². The summed E-state index contributed by atoms with van der Waals surface area (Å²) in [6.07, 6.45) is 0. The largest absolute Gasteiger partial charge is 0.300 e. The summed E-state index contributed by atoms with van der Waals surface area (Å²) < 4.78 is 0. The van der Waals surface area contributed by atoms with Gasteiger partial charge >= 0.3 is 0 Å². The molecule has 94 valence electrons. The van der Waals surface area contributed by atoms with Crippen molar-refractivity contribution in [3.8, 4) is 10.4 Å². The van der Waals surface area contributed by atoms with Crippen molar-refractivity contribution in [3.05, 3.63) is 47.3 Å². The second-order valence-corrected chi connectivity index (χ2v) is 6.43. The normalized spacial score (nSPS) is 17.1. The molecule has 1 aromatic heterocycles. The SMILES string of the molecule is CC(C)N1CC(c2ccc(-c3ccccc3)s2)C1. The second kappa shape index (κ2) is 4.87. The Morgan fingerprint density at radius 3 is 2.44 bits per heavy atom. The average molecular weight is 257 g/mol. The highest BCUT2D eigenvalue weighted by Crippen LogP contribution is 2.36. The van der Waals surface area contributed by atoms with E-state index in [0.29, 0.717) is 6.04 Å². The Labute approximate surface area is 113 Å². The van der Waals surface area contributed by atoms with Crippen LogP contribution in [-0.2, 0) is 0 Å². The van der Waals surface area contributed by atoms with Gasteiger partial charge < -0.3 is 0 Å². The highest BCUT2D eigenvalue weighted by molar-refractivity contribution is 7.15. The zero-order valence-corrected chi connectivity index (χ0v) is 11.8. The lowest BCUT2D eigenvalue weighted by atomic mass is 9.97. The van der Waals surface area contributed by atoms with E-state index in [4.69, 9.17) is 0 Å². The predicted molar refractivity (Wildman–Crippen MR) is 79.2 cm³/mol. The molecule has 3 rings (SSSR count). The Morgan fingerprint density at radius 1 is 1.06 bits per heavy atom. The fourth-order valence-corrected chi connectivity index (χ4v) is 3.54. The first kappa shape index (κ1) is 11.9. The number of hydrogen-bond acceptors (Lipinski definition) is 2.